The van der Waals surface area contributed by atoms with Crippen LogP contribution in [0.15, 0.2) is 0 Å². The number of anilines is 1. The Morgan fingerprint density at radius 2 is 1.93 bits per heavy atom. The van der Waals surface area contributed by atoms with Crippen molar-refractivity contribution < 1.29 is 0 Å². The average molecular weight is 228 g/mol. The Morgan fingerprint density at radius 3 is 2.53 bits per heavy atom. The van der Waals surface area contributed by atoms with E-state index in [-0.39, 0.29) is 0 Å². The number of hydrogen-bond donors (Lipinski definition) is 0. The molecule has 0 aliphatic heterocycles. The molecule has 0 bridgehead atoms. The van der Waals surface area contributed by atoms with Crippen molar-refractivity contribution in [3.8, 4) is 0 Å². The predicted octanol–water partition coefficient (Wildman–Crippen LogP) is 2.98. The zero-order chi connectivity index (χ0) is 11.4. The van der Waals surface area contributed by atoms with Crippen molar-refractivity contribution in [1.29, 1.82) is 0 Å². The fourth-order valence-corrected chi connectivity index (χ4v) is 1.66. The lowest BCUT2D eigenvalue weighted by molar-refractivity contribution is 0.754. The summed E-state index contributed by atoms with van der Waals surface area (Å²) in [6.07, 6.45) is 2.35. The maximum absolute atomic E-state index is 6.02. The van der Waals surface area contributed by atoms with Gasteiger partial charge in [-0.3, -0.25) is 0 Å². The van der Waals surface area contributed by atoms with Gasteiger partial charge >= 0.3 is 0 Å². The fourth-order valence-electron chi connectivity index (χ4n) is 1.45. The highest BCUT2D eigenvalue weighted by Gasteiger charge is 2.10. The van der Waals surface area contributed by atoms with Gasteiger partial charge in [0.2, 0.25) is 0 Å². The highest BCUT2D eigenvalue weighted by molar-refractivity contribution is 6.30. The van der Waals surface area contributed by atoms with Crippen LogP contribution in [0.4, 0.5) is 5.82 Å². The van der Waals surface area contributed by atoms with Crippen molar-refractivity contribution in [3.63, 3.8) is 0 Å². The Bertz CT molecular complexity index is 339. The van der Waals surface area contributed by atoms with E-state index in [1.807, 2.05) is 20.9 Å². The van der Waals surface area contributed by atoms with Crippen LogP contribution in [0, 0.1) is 13.8 Å². The van der Waals surface area contributed by atoms with E-state index in [4.69, 9.17) is 11.6 Å². The molecule has 0 spiro atoms. The summed E-state index contributed by atoms with van der Waals surface area (Å²) in [6.45, 7) is 7.01. The Labute approximate surface area is 96.5 Å². The average Bonchev–Trinajstić information content (AvgIpc) is 2.19. The van der Waals surface area contributed by atoms with Gasteiger partial charge in [0.1, 0.15) is 16.8 Å². The Balaban J connectivity index is 2.92. The first-order valence-corrected chi connectivity index (χ1v) is 5.66. The van der Waals surface area contributed by atoms with Gasteiger partial charge < -0.3 is 4.90 Å². The van der Waals surface area contributed by atoms with E-state index < -0.39 is 0 Å². The molecule has 0 radical (unpaired) electrons. The third-order valence-electron chi connectivity index (χ3n) is 2.38. The zero-order valence-electron chi connectivity index (χ0n) is 9.84. The van der Waals surface area contributed by atoms with Crippen molar-refractivity contribution in [3.05, 3.63) is 16.5 Å². The van der Waals surface area contributed by atoms with Gasteiger partial charge in [0.05, 0.1) is 0 Å². The van der Waals surface area contributed by atoms with Crippen molar-refractivity contribution in [2.24, 2.45) is 0 Å². The van der Waals surface area contributed by atoms with Crippen LogP contribution < -0.4 is 4.90 Å². The molecule has 0 saturated heterocycles. The minimum Gasteiger partial charge on any atom is -0.359 e. The molecule has 3 nitrogen and oxygen atoms in total. The maximum Gasteiger partial charge on any atom is 0.137 e. The maximum atomic E-state index is 6.02. The second kappa shape index (κ2) is 5.31. The Kier molecular flexibility index (Phi) is 4.33. The van der Waals surface area contributed by atoms with Gasteiger partial charge in [-0.05, 0) is 20.3 Å². The molecule has 1 rings (SSSR count). The SMILES string of the molecule is CCCCN(C)c1nc(C)nc(Cl)c1C. The molecule has 15 heavy (non-hydrogen) atoms. The van der Waals surface area contributed by atoms with E-state index >= 15 is 0 Å². The van der Waals surface area contributed by atoms with Crippen LogP contribution in [0.2, 0.25) is 5.15 Å². The number of aryl methyl sites for hydroxylation is 1. The van der Waals surface area contributed by atoms with Gasteiger partial charge in [0.15, 0.2) is 0 Å². The molecular formula is C11H18ClN3. The van der Waals surface area contributed by atoms with Crippen molar-refractivity contribution in [1.82, 2.24) is 9.97 Å². The van der Waals surface area contributed by atoms with Crippen LogP contribution in [0.25, 0.3) is 0 Å². The van der Waals surface area contributed by atoms with E-state index in [1.165, 1.54) is 6.42 Å². The molecule has 1 aromatic rings. The summed E-state index contributed by atoms with van der Waals surface area (Å²) in [5.74, 6) is 1.67. The third-order valence-corrected chi connectivity index (χ3v) is 2.75. The lowest BCUT2D eigenvalue weighted by Crippen LogP contribution is -2.21. The quantitative estimate of drug-likeness (QED) is 0.741. The highest BCUT2D eigenvalue weighted by atomic mass is 35.5. The molecule has 0 amide bonds. The van der Waals surface area contributed by atoms with E-state index in [9.17, 15) is 0 Å². The van der Waals surface area contributed by atoms with Gasteiger partial charge in [-0.25, -0.2) is 9.97 Å². The lowest BCUT2D eigenvalue weighted by atomic mass is 10.3. The Hall–Kier alpha value is -0.830. The Morgan fingerprint density at radius 1 is 1.27 bits per heavy atom. The van der Waals surface area contributed by atoms with Crippen LogP contribution >= 0.6 is 11.6 Å². The number of aromatic nitrogens is 2. The fraction of sp³-hybridized carbons (Fsp3) is 0.636. The number of halogens is 1. The molecule has 0 unspecified atom stereocenters. The minimum atomic E-state index is 0.556. The van der Waals surface area contributed by atoms with Gasteiger partial charge in [-0.1, -0.05) is 24.9 Å². The third kappa shape index (κ3) is 3.06. The van der Waals surface area contributed by atoms with E-state index in [1.54, 1.807) is 0 Å². The predicted molar refractivity (Wildman–Crippen MR) is 64.7 cm³/mol. The molecule has 0 saturated carbocycles. The standard InChI is InChI=1S/C11H18ClN3/c1-5-6-7-15(4)11-8(2)10(12)13-9(3)14-11/h5-7H2,1-4H3. The first-order valence-electron chi connectivity index (χ1n) is 5.28. The highest BCUT2D eigenvalue weighted by Crippen LogP contribution is 2.22. The number of rotatable bonds is 4. The largest absolute Gasteiger partial charge is 0.359 e. The molecule has 0 aliphatic carbocycles. The van der Waals surface area contributed by atoms with Crippen molar-refractivity contribution in [2.75, 3.05) is 18.5 Å². The number of nitrogens with zero attached hydrogens (tertiary/aromatic N) is 3. The smallest absolute Gasteiger partial charge is 0.137 e. The van der Waals surface area contributed by atoms with E-state index in [0.29, 0.717) is 5.15 Å². The van der Waals surface area contributed by atoms with Gasteiger partial charge in [-0.2, -0.15) is 0 Å². The van der Waals surface area contributed by atoms with E-state index in [0.717, 1.165) is 30.2 Å². The summed E-state index contributed by atoms with van der Waals surface area (Å²) in [5.41, 5.74) is 0.959. The van der Waals surface area contributed by atoms with Crippen molar-refractivity contribution in [2.45, 2.75) is 33.6 Å². The van der Waals surface area contributed by atoms with Crippen LogP contribution in [-0.4, -0.2) is 23.6 Å². The summed E-state index contributed by atoms with van der Waals surface area (Å²) in [5, 5.41) is 0.556. The monoisotopic (exact) mass is 227 g/mol. The topological polar surface area (TPSA) is 29.0 Å². The first-order chi connectivity index (χ1) is 7.06. The van der Waals surface area contributed by atoms with Crippen molar-refractivity contribution >= 4 is 17.4 Å². The van der Waals surface area contributed by atoms with Gasteiger partial charge in [-0.15, -0.1) is 0 Å². The second-order valence-electron chi connectivity index (χ2n) is 3.79. The molecule has 0 aliphatic rings. The molecule has 4 heteroatoms. The molecule has 1 aromatic heterocycles. The second-order valence-corrected chi connectivity index (χ2v) is 4.14. The van der Waals surface area contributed by atoms with Crippen LogP contribution in [0.3, 0.4) is 0 Å². The first kappa shape index (κ1) is 12.2. The molecule has 0 fully saturated rings. The lowest BCUT2D eigenvalue weighted by Gasteiger charge is -2.20. The normalized spacial score (nSPS) is 10.5. The molecular weight excluding hydrogens is 210 g/mol. The number of hydrogen-bond acceptors (Lipinski definition) is 3. The van der Waals surface area contributed by atoms with Gasteiger partial charge in [0.25, 0.3) is 0 Å². The molecule has 1 heterocycles. The summed E-state index contributed by atoms with van der Waals surface area (Å²) in [6, 6.07) is 0. The van der Waals surface area contributed by atoms with Crippen LogP contribution in [0.5, 0.6) is 0 Å². The van der Waals surface area contributed by atoms with Crippen LogP contribution in [-0.2, 0) is 0 Å². The number of unbranched alkanes of at least 4 members (excludes halogenated alkanes) is 1. The summed E-state index contributed by atoms with van der Waals surface area (Å²) < 4.78 is 0. The summed E-state index contributed by atoms with van der Waals surface area (Å²) >= 11 is 6.02. The molecule has 0 aromatic carbocycles. The van der Waals surface area contributed by atoms with Crippen LogP contribution in [0.1, 0.15) is 31.2 Å². The molecule has 84 valence electrons. The van der Waals surface area contributed by atoms with E-state index in [2.05, 4.69) is 21.8 Å². The van der Waals surface area contributed by atoms with Gasteiger partial charge in [0, 0.05) is 19.2 Å². The summed E-state index contributed by atoms with van der Waals surface area (Å²) in [7, 11) is 2.04. The minimum absolute atomic E-state index is 0.556. The zero-order valence-corrected chi connectivity index (χ0v) is 10.6. The molecule has 0 atom stereocenters. The molecule has 0 N–H and O–H groups in total. The summed E-state index contributed by atoms with van der Waals surface area (Å²) in [4.78, 5) is 10.7.